The molecular formula is C13H14ClF3O. The van der Waals surface area contributed by atoms with Gasteiger partial charge in [-0.1, -0.05) is 12.1 Å². The van der Waals surface area contributed by atoms with Gasteiger partial charge in [0, 0.05) is 5.38 Å². The lowest BCUT2D eigenvalue weighted by molar-refractivity contribution is -0.274. The molecule has 0 aliphatic heterocycles. The maximum absolute atomic E-state index is 12.0. The molecule has 1 aliphatic carbocycles. The number of hydrogen-bond donors (Lipinski definition) is 0. The molecule has 2 rings (SSSR count). The third-order valence-corrected chi connectivity index (χ3v) is 3.55. The Labute approximate surface area is 109 Å². The van der Waals surface area contributed by atoms with E-state index in [-0.39, 0.29) is 11.1 Å². The zero-order chi connectivity index (χ0) is 13.2. The fourth-order valence-corrected chi connectivity index (χ4v) is 2.74. The van der Waals surface area contributed by atoms with Crippen molar-refractivity contribution < 1.29 is 17.9 Å². The van der Waals surface area contributed by atoms with E-state index in [9.17, 15) is 13.2 Å². The van der Waals surface area contributed by atoms with Crippen LogP contribution in [0.2, 0.25) is 0 Å². The van der Waals surface area contributed by atoms with Gasteiger partial charge in [-0.2, -0.15) is 0 Å². The van der Waals surface area contributed by atoms with Crippen LogP contribution >= 0.6 is 11.6 Å². The predicted molar refractivity (Wildman–Crippen MR) is 63.8 cm³/mol. The van der Waals surface area contributed by atoms with Gasteiger partial charge >= 0.3 is 6.36 Å². The van der Waals surface area contributed by atoms with Gasteiger partial charge in [0.15, 0.2) is 0 Å². The number of ether oxygens (including phenoxy) is 1. The second-order valence-corrected chi connectivity index (χ2v) is 5.29. The monoisotopic (exact) mass is 278 g/mol. The highest BCUT2D eigenvalue weighted by Crippen LogP contribution is 2.32. The molecule has 2 unspecified atom stereocenters. The lowest BCUT2D eigenvalue weighted by Crippen LogP contribution is -2.17. The largest absolute Gasteiger partial charge is 0.573 e. The molecular weight excluding hydrogens is 265 g/mol. The summed E-state index contributed by atoms with van der Waals surface area (Å²) in [6, 6.07) is 6.08. The molecule has 0 spiro atoms. The molecule has 1 aromatic rings. The minimum atomic E-state index is -4.63. The van der Waals surface area contributed by atoms with E-state index in [1.165, 1.54) is 12.1 Å². The molecule has 1 aliphatic rings. The third-order valence-electron chi connectivity index (χ3n) is 3.16. The SMILES string of the molecule is FC(F)(F)Oc1ccc(CC2CCC(Cl)C2)cc1. The van der Waals surface area contributed by atoms with Crippen molar-refractivity contribution in [1.82, 2.24) is 0 Å². The summed E-state index contributed by atoms with van der Waals surface area (Å²) in [5.41, 5.74) is 1.03. The first-order valence-electron chi connectivity index (χ1n) is 5.91. The van der Waals surface area contributed by atoms with Crippen molar-refractivity contribution in [1.29, 1.82) is 0 Å². The van der Waals surface area contributed by atoms with Crippen LogP contribution < -0.4 is 4.74 Å². The summed E-state index contributed by atoms with van der Waals surface area (Å²) in [7, 11) is 0. The second-order valence-electron chi connectivity index (χ2n) is 4.67. The summed E-state index contributed by atoms with van der Waals surface area (Å²) in [6.07, 6.45) is -0.646. The van der Waals surface area contributed by atoms with Crippen LogP contribution in [0.15, 0.2) is 24.3 Å². The number of benzene rings is 1. The summed E-state index contributed by atoms with van der Waals surface area (Å²) in [5.74, 6) is 0.370. The van der Waals surface area contributed by atoms with Crippen LogP contribution in [0.4, 0.5) is 13.2 Å². The number of hydrogen-bond acceptors (Lipinski definition) is 1. The van der Waals surface area contributed by atoms with E-state index in [2.05, 4.69) is 4.74 Å². The highest BCUT2D eigenvalue weighted by atomic mass is 35.5. The number of alkyl halides is 4. The first-order valence-corrected chi connectivity index (χ1v) is 6.35. The fraction of sp³-hybridized carbons (Fsp3) is 0.538. The quantitative estimate of drug-likeness (QED) is 0.738. The van der Waals surface area contributed by atoms with Gasteiger partial charge in [0.2, 0.25) is 0 Å². The predicted octanol–water partition coefficient (Wildman–Crippen LogP) is 4.54. The Morgan fingerprint density at radius 1 is 1.17 bits per heavy atom. The van der Waals surface area contributed by atoms with Gasteiger partial charge in [0.1, 0.15) is 5.75 Å². The van der Waals surface area contributed by atoms with E-state index in [4.69, 9.17) is 11.6 Å². The molecule has 18 heavy (non-hydrogen) atoms. The van der Waals surface area contributed by atoms with E-state index in [1.807, 2.05) is 0 Å². The highest BCUT2D eigenvalue weighted by molar-refractivity contribution is 6.20. The summed E-state index contributed by atoms with van der Waals surface area (Å²) >= 11 is 6.03. The van der Waals surface area contributed by atoms with Crippen LogP contribution in [0, 0.1) is 5.92 Å². The van der Waals surface area contributed by atoms with E-state index in [1.54, 1.807) is 12.1 Å². The first-order chi connectivity index (χ1) is 8.42. The molecule has 0 aromatic heterocycles. The molecule has 1 saturated carbocycles. The molecule has 2 atom stereocenters. The Hall–Kier alpha value is -0.900. The van der Waals surface area contributed by atoms with Crippen molar-refractivity contribution in [2.24, 2.45) is 5.92 Å². The molecule has 5 heteroatoms. The van der Waals surface area contributed by atoms with E-state index in [0.29, 0.717) is 5.92 Å². The van der Waals surface area contributed by atoms with Gasteiger partial charge in [-0.25, -0.2) is 0 Å². The van der Waals surface area contributed by atoms with Crippen LogP contribution in [0.3, 0.4) is 0 Å². The van der Waals surface area contributed by atoms with E-state index < -0.39 is 6.36 Å². The maximum Gasteiger partial charge on any atom is 0.573 e. The average molecular weight is 279 g/mol. The minimum absolute atomic E-state index is 0.173. The third kappa shape index (κ3) is 4.09. The molecule has 0 radical (unpaired) electrons. The Balaban J connectivity index is 1.91. The summed E-state index contributed by atoms with van der Waals surface area (Å²) < 4.78 is 39.7. The first kappa shape index (κ1) is 13.5. The van der Waals surface area contributed by atoms with Crippen molar-refractivity contribution in [3.63, 3.8) is 0 Å². The van der Waals surface area contributed by atoms with Gasteiger partial charge in [0.05, 0.1) is 0 Å². The Morgan fingerprint density at radius 2 is 1.83 bits per heavy atom. The van der Waals surface area contributed by atoms with Crippen molar-refractivity contribution >= 4 is 11.6 Å². The molecule has 100 valence electrons. The molecule has 1 aromatic carbocycles. The number of halogens is 4. The van der Waals surface area contributed by atoms with Crippen LogP contribution in [-0.4, -0.2) is 11.7 Å². The zero-order valence-electron chi connectivity index (χ0n) is 9.71. The minimum Gasteiger partial charge on any atom is -0.406 e. The van der Waals surface area contributed by atoms with Crippen molar-refractivity contribution in [2.45, 2.75) is 37.4 Å². The van der Waals surface area contributed by atoms with Gasteiger partial charge < -0.3 is 4.74 Å². The van der Waals surface area contributed by atoms with Crippen LogP contribution in [-0.2, 0) is 6.42 Å². The Kier molecular flexibility index (Phi) is 4.05. The van der Waals surface area contributed by atoms with Crippen molar-refractivity contribution in [2.75, 3.05) is 0 Å². The average Bonchev–Trinajstić information content (AvgIpc) is 2.65. The van der Waals surface area contributed by atoms with Crippen LogP contribution in [0.1, 0.15) is 24.8 Å². The highest BCUT2D eigenvalue weighted by Gasteiger charge is 2.31. The van der Waals surface area contributed by atoms with Crippen molar-refractivity contribution in [3.05, 3.63) is 29.8 Å². The molecule has 1 fully saturated rings. The smallest absolute Gasteiger partial charge is 0.406 e. The summed E-state index contributed by atoms with van der Waals surface area (Å²) in [5, 5.41) is 0.253. The van der Waals surface area contributed by atoms with E-state index >= 15 is 0 Å². The van der Waals surface area contributed by atoms with Gasteiger partial charge in [-0.3, -0.25) is 0 Å². The summed E-state index contributed by atoms with van der Waals surface area (Å²) in [4.78, 5) is 0. The molecule has 0 amide bonds. The van der Waals surface area contributed by atoms with Crippen molar-refractivity contribution in [3.8, 4) is 5.75 Å². The molecule has 0 saturated heterocycles. The standard InChI is InChI=1S/C13H14ClF3O/c14-11-4-1-10(8-11)7-9-2-5-12(6-3-9)18-13(15,16)17/h2-3,5-6,10-11H,1,4,7-8H2. The van der Waals surface area contributed by atoms with Gasteiger partial charge in [-0.15, -0.1) is 24.8 Å². The summed E-state index contributed by atoms with van der Waals surface area (Å²) in [6.45, 7) is 0. The lowest BCUT2D eigenvalue weighted by Gasteiger charge is -2.11. The Bertz CT molecular complexity index is 388. The lowest BCUT2D eigenvalue weighted by atomic mass is 9.98. The normalized spacial score (nSPS) is 24.2. The van der Waals surface area contributed by atoms with Gasteiger partial charge in [0.25, 0.3) is 0 Å². The van der Waals surface area contributed by atoms with E-state index in [0.717, 1.165) is 31.2 Å². The molecule has 0 heterocycles. The zero-order valence-corrected chi connectivity index (χ0v) is 10.5. The second kappa shape index (κ2) is 5.39. The molecule has 0 N–H and O–H groups in total. The maximum atomic E-state index is 12.0. The fourth-order valence-electron chi connectivity index (χ4n) is 2.36. The van der Waals surface area contributed by atoms with Crippen LogP contribution in [0.25, 0.3) is 0 Å². The molecule has 0 bridgehead atoms. The van der Waals surface area contributed by atoms with Crippen LogP contribution in [0.5, 0.6) is 5.75 Å². The molecule has 1 nitrogen and oxygen atoms in total. The van der Waals surface area contributed by atoms with Gasteiger partial charge in [-0.05, 0) is 49.3 Å². The Morgan fingerprint density at radius 3 is 2.33 bits per heavy atom. The topological polar surface area (TPSA) is 9.23 Å². The number of rotatable bonds is 3.